The zero-order valence-electron chi connectivity index (χ0n) is 11.5. The summed E-state index contributed by atoms with van der Waals surface area (Å²) in [6.07, 6.45) is 0.182. The standard InChI is InChI=1S/C14H18ClNO3S/c1-10(6-14(18)19-2)16-13(17)9-20-8-11-4-3-5-12(15)7-11/h3-5,7,10H,6,8-9H2,1-2H3,(H,16,17). The molecule has 0 spiro atoms. The van der Waals surface area contributed by atoms with Gasteiger partial charge in [-0.25, -0.2) is 0 Å². The average Bonchev–Trinajstić information content (AvgIpc) is 2.38. The molecule has 4 nitrogen and oxygen atoms in total. The molecule has 20 heavy (non-hydrogen) atoms. The molecule has 0 aliphatic rings. The molecule has 1 rings (SSSR count). The van der Waals surface area contributed by atoms with E-state index >= 15 is 0 Å². The first-order valence-corrected chi connectivity index (χ1v) is 7.73. The predicted molar refractivity (Wildman–Crippen MR) is 81.9 cm³/mol. The molecule has 0 saturated heterocycles. The second-order valence-electron chi connectivity index (χ2n) is 4.37. The lowest BCUT2D eigenvalue weighted by Crippen LogP contribution is -2.35. The first kappa shape index (κ1) is 16.9. The van der Waals surface area contributed by atoms with Crippen LogP contribution in [0.15, 0.2) is 24.3 Å². The molecule has 0 saturated carbocycles. The number of nitrogens with one attached hydrogen (secondary N) is 1. The highest BCUT2D eigenvalue weighted by Gasteiger charge is 2.11. The number of methoxy groups -OCH3 is 1. The third-order valence-corrected chi connectivity index (χ3v) is 3.74. The number of amides is 1. The maximum absolute atomic E-state index is 11.7. The average molecular weight is 316 g/mol. The van der Waals surface area contributed by atoms with Crippen molar-refractivity contribution in [2.24, 2.45) is 0 Å². The number of halogens is 1. The van der Waals surface area contributed by atoms with E-state index < -0.39 is 0 Å². The maximum Gasteiger partial charge on any atom is 0.307 e. The molecule has 1 aromatic rings. The Balaban J connectivity index is 2.24. The highest BCUT2D eigenvalue weighted by atomic mass is 35.5. The molecule has 1 amide bonds. The Hall–Kier alpha value is -1.20. The van der Waals surface area contributed by atoms with Crippen LogP contribution in [0.3, 0.4) is 0 Å². The predicted octanol–water partition coefficient (Wildman–Crippen LogP) is 2.64. The van der Waals surface area contributed by atoms with Crippen molar-refractivity contribution in [2.75, 3.05) is 12.9 Å². The second kappa shape index (κ2) is 8.87. The van der Waals surface area contributed by atoms with E-state index in [1.807, 2.05) is 24.3 Å². The van der Waals surface area contributed by atoms with E-state index in [9.17, 15) is 9.59 Å². The lowest BCUT2D eigenvalue weighted by atomic mass is 10.2. The fourth-order valence-electron chi connectivity index (χ4n) is 1.59. The van der Waals surface area contributed by atoms with Crippen molar-refractivity contribution in [3.8, 4) is 0 Å². The summed E-state index contributed by atoms with van der Waals surface area (Å²) in [5.74, 6) is 0.648. The molecule has 1 unspecified atom stereocenters. The van der Waals surface area contributed by atoms with E-state index in [0.717, 1.165) is 11.3 Å². The Labute approximate surface area is 128 Å². The van der Waals surface area contributed by atoms with E-state index in [0.29, 0.717) is 10.8 Å². The third kappa shape index (κ3) is 6.82. The molecule has 1 aromatic carbocycles. The summed E-state index contributed by atoms with van der Waals surface area (Å²) >= 11 is 7.39. The zero-order valence-corrected chi connectivity index (χ0v) is 13.1. The van der Waals surface area contributed by atoms with Crippen LogP contribution < -0.4 is 5.32 Å². The van der Waals surface area contributed by atoms with Crippen LogP contribution in [0.4, 0.5) is 0 Å². The second-order valence-corrected chi connectivity index (χ2v) is 5.79. The Morgan fingerprint density at radius 3 is 2.85 bits per heavy atom. The Morgan fingerprint density at radius 1 is 1.45 bits per heavy atom. The highest BCUT2D eigenvalue weighted by molar-refractivity contribution is 7.99. The van der Waals surface area contributed by atoms with Gasteiger partial charge in [-0.15, -0.1) is 11.8 Å². The minimum atomic E-state index is -0.329. The molecule has 0 aliphatic carbocycles. The van der Waals surface area contributed by atoms with Gasteiger partial charge in [0.25, 0.3) is 0 Å². The van der Waals surface area contributed by atoms with Crippen LogP contribution in [0.2, 0.25) is 5.02 Å². The number of hydrogen-bond acceptors (Lipinski definition) is 4. The van der Waals surface area contributed by atoms with Crippen molar-refractivity contribution in [3.05, 3.63) is 34.9 Å². The molecule has 0 bridgehead atoms. The van der Waals surface area contributed by atoms with Crippen molar-refractivity contribution in [3.63, 3.8) is 0 Å². The Bertz CT molecular complexity index is 467. The van der Waals surface area contributed by atoms with Gasteiger partial charge >= 0.3 is 5.97 Å². The summed E-state index contributed by atoms with van der Waals surface area (Å²) in [5.41, 5.74) is 1.08. The normalized spacial score (nSPS) is 11.8. The Kier molecular flexibility index (Phi) is 7.47. The number of carbonyl (C=O) groups is 2. The van der Waals surface area contributed by atoms with Crippen LogP contribution in [0.5, 0.6) is 0 Å². The molecule has 110 valence electrons. The van der Waals surface area contributed by atoms with Gasteiger partial charge in [0.15, 0.2) is 0 Å². The summed E-state index contributed by atoms with van der Waals surface area (Å²) in [5, 5.41) is 3.45. The fourth-order valence-corrected chi connectivity index (χ4v) is 2.59. The van der Waals surface area contributed by atoms with Gasteiger partial charge in [-0.3, -0.25) is 9.59 Å². The Morgan fingerprint density at radius 2 is 2.20 bits per heavy atom. The van der Waals surface area contributed by atoms with E-state index in [4.69, 9.17) is 11.6 Å². The number of benzene rings is 1. The first-order chi connectivity index (χ1) is 9.51. The molecule has 0 aliphatic heterocycles. The SMILES string of the molecule is COC(=O)CC(C)NC(=O)CSCc1cccc(Cl)c1. The quantitative estimate of drug-likeness (QED) is 0.786. The molecule has 0 radical (unpaired) electrons. The zero-order chi connectivity index (χ0) is 15.0. The topological polar surface area (TPSA) is 55.4 Å². The monoisotopic (exact) mass is 315 g/mol. The number of rotatable bonds is 7. The van der Waals surface area contributed by atoms with Gasteiger partial charge in [0.1, 0.15) is 0 Å². The molecule has 0 aromatic heterocycles. The van der Waals surface area contributed by atoms with Crippen LogP contribution in [0, 0.1) is 0 Å². The molecule has 1 atom stereocenters. The van der Waals surface area contributed by atoms with Crippen molar-refractivity contribution >= 4 is 35.2 Å². The number of ether oxygens (including phenoxy) is 1. The summed E-state index contributed by atoms with van der Waals surface area (Å²) in [7, 11) is 1.33. The van der Waals surface area contributed by atoms with Gasteiger partial charge in [0.2, 0.25) is 5.91 Å². The van der Waals surface area contributed by atoms with E-state index in [1.54, 1.807) is 6.92 Å². The largest absolute Gasteiger partial charge is 0.469 e. The lowest BCUT2D eigenvalue weighted by molar-refractivity contribution is -0.141. The van der Waals surface area contributed by atoms with Gasteiger partial charge in [0.05, 0.1) is 19.3 Å². The van der Waals surface area contributed by atoms with Gasteiger partial charge in [-0.05, 0) is 24.6 Å². The van der Waals surface area contributed by atoms with Crippen LogP contribution in [0.1, 0.15) is 18.9 Å². The maximum atomic E-state index is 11.7. The summed E-state index contributed by atoms with van der Waals surface area (Å²) in [6, 6.07) is 7.33. The molecule has 0 fully saturated rings. The lowest BCUT2D eigenvalue weighted by Gasteiger charge is -2.12. The van der Waals surface area contributed by atoms with E-state index in [1.165, 1.54) is 18.9 Å². The van der Waals surface area contributed by atoms with Crippen LogP contribution in [0.25, 0.3) is 0 Å². The van der Waals surface area contributed by atoms with E-state index in [-0.39, 0.29) is 24.3 Å². The smallest absolute Gasteiger partial charge is 0.307 e. The first-order valence-electron chi connectivity index (χ1n) is 6.19. The van der Waals surface area contributed by atoms with Gasteiger partial charge in [0, 0.05) is 16.8 Å². The van der Waals surface area contributed by atoms with Crippen molar-refractivity contribution in [2.45, 2.75) is 25.1 Å². The number of carbonyl (C=O) groups excluding carboxylic acids is 2. The van der Waals surface area contributed by atoms with Crippen LogP contribution >= 0.6 is 23.4 Å². The third-order valence-electron chi connectivity index (χ3n) is 2.50. The summed E-state index contributed by atoms with van der Waals surface area (Å²) in [6.45, 7) is 1.77. The van der Waals surface area contributed by atoms with Crippen molar-refractivity contribution in [1.29, 1.82) is 0 Å². The van der Waals surface area contributed by atoms with Gasteiger partial charge in [-0.1, -0.05) is 23.7 Å². The summed E-state index contributed by atoms with van der Waals surface area (Å²) in [4.78, 5) is 22.7. The number of hydrogen-bond donors (Lipinski definition) is 1. The minimum Gasteiger partial charge on any atom is -0.469 e. The minimum absolute atomic E-state index is 0.0894. The van der Waals surface area contributed by atoms with Crippen LogP contribution in [-0.4, -0.2) is 30.8 Å². The molecule has 0 heterocycles. The highest BCUT2D eigenvalue weighted by Crippen LogP contribution is 2.16. The van der Waals surface area contributed by atoms with E-state index in [2.05, 4.69) is 10.1 Å². The number of esters is 1. The molecule has 6 heteroatoms. The summed E-state index contributed by atoms with van der Waals surface area (Å²) < 4.78 is 4.54. The number of thioether (sulfide) groups is 1. The van der Waals surface area contributed by atoms with Gasteiger partial charge < -0.3 is 10.1 Å². The van der Waals surface area contributed by atoms with Crippen molar-refractivity contribution in [1.82, 2.24) is 5.32 Å². The molecular weight excluding hydrogens is 298 g/mol. The van der Waals surface area contributed by atoms with Crippen molar-refractivity contribution < 1.29 is 14.3 Å². The molecular formula is C14H18ClNO3S. The molecule has 1 N–H and O–H groups in total. The van der Waals surface area contributed by atoms with Crippen LogP contribution in [-0.2, 0) is 20.1 Å². The fraction of sp³-hybridized carbons (Fsp3) is 0.429. The van der Waals surface area contributed by atoms with Gasteiger partial charge in [-0.2, -0.15) is 0 Å².